The molecule has 1 saturated carbocycles. The van der Waals surface area contributed by atoms with Crippen molar-refractivity contribution >= 4 is 17.3 Å². The summed E-state index contributed by atoms with van der Waals surface area (Å²) < 4.78 is 31.1. The summed E-state index contributed by atoms with van der Waals surface area (Å²) in [6, 6.07) is 9.42. The zero-order valence-electron chi connectivity index (χ0n) is 11.3. The van der Waals surface area contributed by atoms with Crippen LogP contribution >= 0.6 is 11.3 Å². The molecule has 3 nitrogen and oxygen atoms in total. The smallest absolute Gasteiger partial charge is 0.367 e. The van der Waals surface area contributed by atoms with E-state index in [1.54, 1.807) is 5.38 Å². The zero-order chi connectivity index (χ0) is 15.0. The van der Waals surface area contributed by atoms with E-state index in [9.17, 15) is 13.6 Å². The second kappa shape index (κ2) is 5.18. The number of ether oxygens (including phenoxy) is 1. The fourth-order valence-corrected chi connectivity index (χ4v) is 2.87. The quantitative estimate of drug-likeness (QED) is 0.805. The van der Waals surface area contributed by atoms with Crippen LogP contribution < -0.4 is 0 Å². The van der Waals surface area contributed by atoms with Gasteiger partial charge in [-0.25, -0.2) is 18.6 Å². The monoisotopic (exact) mass is 309 g/mol. The molecule has 3 rings (SSSR count). The minimum absolute atomic E-state index is 0.186. The summed E-state index contributed by atoms with van der Waals surface area (Å²) >= 11 is 1.15. The molecule has 0 bridgehead atoms. The molecule has 1 aliphatic rings. The second-order valence-corrected chi connectivity index (χ2v) is 5.93. The van der Waals surface area contributed by atoms with Crippen molar-refractivity contribution in [3.63, 3.8) is 0 Å². The molecule has 0 aliphatic heterocycles. The Morgan fingerprint density at radius 2 is 2.05 bits per heavy atom. The second-order valence-electron chi connectivity index (χ2n) is 5.07. The number of benzene rings is 1. The predicted molar refractivity (Wildman–Crippen MR) is 75.4 cm³/mol. The summed E-state index contributed by atoms with van der Waals surface area (Å²) in [5.74, 6) is -4.94. The Morgan fingerprint density at radius 1 is 1.38 bits per heavy atom. The Morgan fingerprint density at radius 3 is 2.67 bits per heavy atom. The van der Waals surface area contributed by atoms with Gasteiger partial charge in [0.15, 0.2) is 0 Å². The molecule has 1 aromatic carbocycles. The average molecular weight is 309 g/mol. The topological polar surface area (TPSA) is 39.2 Å². The predicted octanol–water partition coefficient (Wildman–Crippen LogP) is 3.87. The molecule has 0 spiro atoms. The third-order valence-electron chi connectivity index (χ3n) is 3.74. The van der Waals surface area contributed by atoms with E-state index in [2.05, 4.69) is 4.98 Å². The summed E-state index contributed by atoms with van der Waals surface area (Å²) in [6.07, 6.45) is 0. The number of rotatable bonds is 4. The fourth-order valence-electron chi connectivity index (χ4n) is 2.15. The summed E-state index contributed by atoms with van der Waals surface area (Å²) in [4.78, 5) is 16.0. The highest BCUT2D eigenvalue weighted by Crippen LogP contribution is 2.54. The molecule has 6 heteroatoms. The van der Waals surface area contributed by atoms with E-state index in [-0.39, 0.29) is 11.6 Å². The molecule has 1 aliphatic carbocycles. The van der Waals surface area contributed by atoms with Gasteiger partial charge in [0.2, 0.25) is 5.01 Å². The molecule has 0 N–H and O–H groups in total. The van der Waals surface area contributed by atoms with Crippen molar-refractivity contribution in [3.8, 4) is 11.3 Å². The van der Waals surface area contributed by atoms with Gasteiger partial charge in [-0.15, -0.1) is 11.3 Å². The molecule has 110 valence electrons. The lowest BCUT2D eigenvalue weighted by Crippen LogP contribution is -2.10. The normalized spacial score (nSPS) is 22.8. The van der Waals surface area contributed by atoms with Crippen molar-refractivity contribution in [2.24, 2.45) is 11.8 Å². The number of hydrogen-bond donors (Lipinski definition) is 0. The molecule has 0 unspecified atom stereocenters. The van der Waals surface area contributed by atoms with E-state index in [1.807, 2.05) is 30.3 Å². The Hall–Kier alpha value is -1.82. The summed E-state index contributed by atoms with van der Waals surface area (Å²) in [6.45, 7) is 1.20. The van der Waals surface area contributed by atoms with E-state index in [1.165, 1.54) is 6.92 Å². The maximum atomic E-state index is 13.1. The number of esters is 1. The largest absolute Gasteiger partial charge is 0.460 e. The highest BCUT2D eigenvalue weighted by molar-refractivity contribution is 7.11. The van der Waals surface area contributed by atoms with Gasteiger partial charge in [-0.05, 0) is 0 Å². The van der Waals surface area contributed by atoms with Crippen LogP contribution in [-0.2, 0) is 4.74 Å². The number of aromatic nitrogens is 1. The van der Waals surface area contributed by atoms with Crippen LogP contribution in [0.2, 0.25) is 0 Å². The maximum absolute atomic E-state index is 13.1. The standard InChI is InChI=1S/C15H13F2NO2S/c1-9-11(15(9,16)17)7-20-14(19)13-18-12(8-21-13)10-5-3-2-4-6-10/h2-6,8-9,11H,7H2,1H3/t9-,11-/m1/s1. The van der Waals surface area contributed by atoms with Gasteiger partial charge in [0.1, 0.15) is 6.61 Å². The number of carbonyl (C=O) groups excluding carboxylic acids is 1. The Labute approximate surface area is 124 Å². The first-order valence-corrected chi connectivity index (χ1v) is 7.44. The minimum Gasteiger partial charge on any atom is -0.460 e. The van der Waals surface area contributed by atoms with Crippen molar-refractivity contribution in [3.05, 3.63) is 40.7 Å². The molecule has 0 saturated heterocycles. The first-order valence-electron chi connectivity index (χ1n) is 6.56. The maximum Gasteiger partial charge on any atom is 0.367 e. The van der Waals surface area contributed by atoms with Crippen LogP contribution in [0.4, 0.5) is 8.78 Å². The van der Waals surface area contributed by atoms with Crippen molar-refractivity contribution < 1.29 is 18.3 Å². The van der Waals surface area contributed by atoms with Crippen LogP contribution in [0, 0.1) is 11.8 Å². The first-order chi connectivity index (χ1) is 10.00. The number of halogens is 2. The molecule has 0 radical (unpaired) electrons. The number of nitrogens with zero attached hydrogens (tertiary/aromatic N) is 1. The molecule has 1 aromatic heterocycles. The highest BCUT2D eigenvalue weighted by Gasteiger charge is 2.65. The Kier molecular flexibility index (Phi) is 3.49. The minimum atomic E-state index is -2.71. The van der Waals surface area contributed by atoms with Gasteiger partial charge in [-0.3, -0.25) is 0 Å². The van der Waals surface area contributed by atoms with Crippen LogP contribution in [-0.4, -0.2) is 23.5 Å². The summed E-state index contributed by atoms with van der Waals surface area (Å²) in [7, 11) is 0. The fraction of sp³-hybridized carbons (Fsp3) is 0.333. The lowest BCUT2D eigenvalue weighted by Gasteiger charge is -2.01. The zero-order valence-corrected chi connectivity index (χ0v) is 12.1. The van der Waals surface area contributed by atoms with Gasteiger partial charge in [0, 0.05) is 16.9 Å². The molecular weight excluding hydrogens is 296 g/mol. The van der Waals surface area contributed by atoms with Crippen LogP contribution in [0.5, 0.6) is 0 Å². The Bertz CT molecular complexity index is 657. The van der Waals surface area contributed by atoms with Crippen molar-refractivity contribution in [1.29, 1.82) is 0 Å². The SMILES string of the molecule is C[C@@H]1[C@@H](COC(=O)c2nc(-c3ccccc3)cs2)C1(F)F. The number of thiazole rings is 1. The number of carbonyl (C=O) groups is 1. The molecule has 1 fully saturated rings. The van der Waals surface area contributed by atoms with Crippen LogP contribution in [0.1, 0.15) is 16.7 Å². The van der Waals surface area contributed by atoms with Crippen LogP contribution in [0.3, 0.4) is 0 Å². The van der Waals surface area contributed by atoms with E-state index < -0.39 is 23.7 Å². The average Bonchev–Trinajstić information content (AvgIpc) is 2.88. The summed E-state index contributed by atoms with van der Waals surface area (Å²) in [5, 5.41) is 1.94. The van der Waals surface area contributed by atoms with Crippen LogP contribution in [0.15, 0.2) is 35.7 Å². The molecule has 0 amide bonds. The van der Waals surface area contributed by atoms with Crippen molar-refractivity contribution in [2.75, 3.05) is 6.61 Å². The number of hydrogen-bond acceptors (Lipinski definition) is 4. The van der Waals surface area contributed by atoms with E-state index in [4.69, 9.17) is 4.74 Å². The summed E-state index contributed by atoms with van der Waals surface area (Å²) in [5.41, 5.74) is 1.58. The van der Waals surface area contributed by atoms with Gasteiger partial charge in [-0.1, -0.05) is 37.3 Å². The Balaban J connectivity index is 1.63. The van der Waals surface area contributed by atoms with E-state index in [0.717, 1.165) is 16.9 Å². The lowest BCUT2D eigenvalue weighted by molar-refractivity contribution is 0.0362. The third kappa shape index (κ3) is 2.68. The van der Waals surface area contributed by atoms with Gasteiger partial charge < -0.3 is 4.74 Å². The molecule has 2 atom stereocenters. The van der Waals surface area contributed by atoms with Crippen molar-refractivity contribution in [2.45, 2.75) is 12.8 Å². The molecule has 21 heavy (non-hydrogen) atoms. The van der Waals surface area contributed by atoms with Crippen LogP contribution in [0.25, 0.3) is 11.3 Å². The van der Waals surface area contributed by atoms with Gasteiger partial charge >= 0.3 is 5.97 Å². The number of alkyl halides is 2. The molecular formula is C15H13F2NO2S. The van der Waals surface area contributed by atoms with Gasteiger partial charge in [0.05, 0.1) is 11.6 Å². The first kappa shape index (κ1) is 14.1. The lowest BCUT2D eigenvalue weighted by atomic mass is 10.2. The highest BCUT2D eigenvalue weighted by atomic mass is 32.1. The van der Waals surface area contributed by atoms with Gasteiger partial charge in [0.25, 0.3) is 5.92 Å². The van der Waals surface area contributed by atoms with E-state index >= 15 is 0 Å². The molecule has 1 heterocycles. The van der Waals surface area contributed by atoms with Crippen molar-refractivity contribution in [1.82, 2.24) is 4.98 Å². The third-order valence-corrected chi connectivity index (χ3v) is 4.56. The molecule has 2 aromatic rings. The van der Waals surface area contributed by atoms with E-state index in [0.29, 0.717) is 5.69 Å². The van der Waals surface area contributed by atoms with Gasteiger partial charge in [-0.2, -0.15) is 0 Å².